The lowest BCUT2D eigenvalue weighted by Gasteiger charge is -2.31. The zero-order chi connectivity index (χ0) is 33.5. The predicted molar refractivity (Wildman–Crippen MR) is 180 cm³/mol. The highest BCUT2D eigenvalue weighted by atomic mass is 16.4. The lowest BCUT2D eigenvalue weighted by atomic mass is 9.71. The first-order valence-electron chi connectivity index (χ1n) is 15.8. The Morgan fingerprint density at radius 3 is 1.93 bits per heavy atom. The number of carboxylic acid groups (broad SMARTS) is 2. The van der Waals surface area contributed by atoms with E-state index < -0.39 is 17.4 Å². The molecule has 3 aromatic rings. The summed E-state index contributed by atoms with van der Waals surface area (Å²) in [5, 5.41) is 19.1. The minimum Gasteiger partial charge on any atom is -0.481 e. The minimum atomic E-state index is -0.891. The Kier molecular flexibility index (Phi) is 8.93. The molecule has 0 saturated carbocycles. The van der Waals surface area contributed by atoms with Crippen LogP contribution in [0.15, 0.2) is 24.3 Å². The molecule has 0 fully saturated rings. The Morgan fingerprint density at radius 1 is 0.848 bits per heavy atom. The van der Waals surface area contributed by atoms with Gasteiger partial charge in [-0.3, -0.25) is 19.4 Å². The average molecular weight is 626 g/mol. The van der Waals surface area contributed by atoms with Crippen molar-refractivity contribution >= 4 is 51.6 Å². The summed E-state index contributed by atoms with van der Waals surface area (Å²) >= 11 is 0. The molecule has 46 heavy (non-hydrogen) atoms. The number of H-pyrrole nitrogens is 2. The number of aryl methyl sites for hydroxylation is 4. The molecule has 4 N–H and O–H groups in total. The van der Waals surface area contributed by atoms with E-state index in [2.05, 4.69) is 23.8 Å². The van der Waals surface area contributed by atoms with Gasteiger partial charge in [-0.1, -0.05) is 13.8 Å². The number of nitrogens with zero attached hydrogens (tertiary/aromatic N) is 3. The Morgan fingerprint density at radius 2 is 1.41 bits per heavy atom. The second kappa shape index (κ2) is 12.6. The highest BCUT2D eigenvalue weighted by molar-refractivity contribution is 5.85. The third kappa shape index (κ3) is 6.21. The molecule has 2 aliphatic rings. The first-order valence-corrected chi connectivity index (χ1v) is 15.8. The number of carboxylic acids is 2. The standard InChI is InChI=1S/C36H43N5O5/c1-8-25-31-15-26-19(2)13-22(37-26)14-27-20(3)23(9-11-34(43)44)29(38-27)16-30-24(10-12-35(45)46)21(4)28(39-30)17-32(40-31)36(25,5)18-33(42)41(6)7/h13-17,25,38-39H,8-12,18H2,1-7H3,(H,43,44)(H,45,46)/t25-,36+/m1/s1. The normalized spacial score (nSPS) is 17.5. The largest absolute Gasteiger partial charge is 0.481 e. The summed E-state index contributed by atoms with van der Waals surface area (Å²) in [5.74, 6) is -1.79. The fraction of sp³-hybridized carbons (Fsp3) is 0.417. The number of allylic oxidation sites excluding steroid dienone is 1. The van der Waals surface area contributed by atoms with E-state index in [9.17, 15) is 24.6 Å². The van der Waals surface area contributed by atoms with Crippen LogP contribution in [0.1, 0.15) is 97.4 Å². The van der Waals surface area contributed by atoms with Crippen LogP contribution in [0.25, 0.3) is 33.7 Å². The maximum Gasteiger partial charge on any atom is 0.303 e. The molecule has 0 unspecified atom stereocenters. The Hall–Kier alpha value is -4.73. The molecule has 5 heterocycles. The van der Waals surface area contributed by atoms with Gasteiger partial charge in [-0.2, -0.15) is 0 Å². The summed E-state index contributed by atoms with van der Waals surface area (Å²) in [6.07, 6.45) is 3.65. The molecular formula is C36H43N5O5. The number of amides is 1. The van der Waals surface area contributed by atoms with Crippen molar-refractivity contribution in [1.82, 2.24) is 24.8 Å². The number of rotatable bonds is 9. The van der Waals surface area contributed by atoms with Gasteiger partial charge in [-0.25, -0.2) is 4.98 Å². The fourth-order valence-corrected chi connectivity index (χ4v) is 6.87. The summed E-state index contributed by atoms with van der Waals surface area (Å²) in [4.78, 5) is 55.3. The lowest BCUT2D eigenvalue weighted by molar-refractivity contribution is -0.138. The monoisotopic (exact) mass is 625 g/mol. The van der Waals surface area contributed by atoms with Gasteiger partial charge in [0.05, 0.1) is 11.4 Å². The number of hydrogen-bond acceptors (Lipinski definition) is 5. The van der Waals surface area contributed by atoms with Gasteiger partial charge in [0.1, 0.15) is 0 Å². The highest BCUT2D eigenvalue weighted by Crippen LogP contribution is 2.47. The zero-order valence-electron chi connectivity index (χ0n) is 27.7. The molecule has 0 saturated heterocycles. The summed E-state index contributed by atoms with van der Waals surface area (Å²) in [6.45, 7) is 10.2. The Bertz CT molecular complexity index is 1930. The van der Waals surface area contributed by atoms with Crippen LogP contribution in [0.4, 0.5) is 0 Å². The number of fused-ring (bicyclic) bond motifs is 8. The van der Waals surface area contributed by atoms with Gasteiger partial charge in [0.15, 0.2) is 0 Å². The number of aromatic amines is 2. The molecule has 10 heteroatoms. The Balaban J connectivity index is 1.91. The van der Waals surface area contributed by atoms with Crippen molar-refractivity contribution in [1.29, 1.82) is 0 Å². The summed E-state index contributed by atoms with van der Waals surface area (Å²) in [6, 6.07) is 7.98. The van der Waals surface area contributed by atoms with Crippen LogP contribution in [0.5, 0.6) is 0 Å². The lowest BCUT2D eigenvalue weighted by Crippen LogP contribution is -2.34. The topological polar surface area (TPSA) is 152 Å². The summed E-state index contributed by atoms with van der Waals surface area (Å²) in [7, 11) is 3.53. The van der Waals surface area contributed by atoms with Crippen LogP contribution in [0, 0.1) is 13.8 Å². The third-order valence-corrected chi connectivity index (χ3v) is 9.63. The number of nitrogens with one attached hydrogen (secondary N) is 2. The van der Waals surface area contributed by atoms with Gasteiger partial charge in [0.2, 0.25) is 5.91 Å². The zero-order valence-corrected chi connectivity index (χ0v) is 27.7. The van der Waals surface area contributed by atoms with Crippen molar-refractivity contribution in [3.63, 3.8) is 0 Å². The van der Waals surface area contributed by atoms with E-state index in [1.54, 1.807) is 19.0 Å². The van der Waals surface area contributed by atoms with Gasteiger partial charge in [-0.05, 0) is 98.2 Å². The minimum absolute atomic E-state index is 0.0136. The summed E-state index contributed by atoms with van der Waals surface area (Å²) in [5.41, 5.74) is 10.4. The van der Waals surface area contributed by atoms with Gasteiger partial charge in [0, 0.05) is 78.1 Å². The van der Waals surface area contributed by atoms with Crippen molar-refractivity contribution < 1.29 is 24.6 Å². The fourth-order valence-electron chi connectivity index (χ4n) is 6.87. The number of hydrogen-bond donors (Lipinski definition) is 4. The van der Waals surface area contributed by atoms with Crippen molar-refractivity contribution in [2.24, 2.45) is 0 Å². The van der Waals surface area contributed by atoms with Crippen molar-refractivity contribution in [3.05, 3.63) is 69.3 Å². The average Bonchev–Trinajstić information content (AvgIpc) is 3.64. The van der Waals surface area contributed by atoms with Crippen LogP contribution in [-0.4, -0.2) is 67.0 Å². The van der Waals surface area contributed by atoms with Gasteiger partial charge >= 0.3 is 11.9 Å². The van der Waals surface area contributed by atoms with E-state index in [0.717, 1.165) is 79.1 Å². The van der Waals surface area contributed by atoms with E-state index in [4.69, 9.17) is 9.97 Å². The SMILES string of the molecule is CC[C@@H]1c2cc3nc(cc4[nH]c(cc5[nH]c(cc(n2)[C@@]1(C)CC(=O)N(C)C)c(C)c5CCC(=O)O)c(CCC(=O)O)c4C)C=C3C. The maximum atomic E-state index is 13.2. The van der Waals surface area contributed by atoms with E-state index in [0.29, 0.717) is 12.8 Å². The second-order valence-corrected chi connectivity index (χ2v) is 13.0. The summed E-state index contributed by atoms with van der Waals surface area (Å²) < 4.78 is 0. The maximum absolute atomic E-state index is 13.2. The molecular weight excluding hydrogens is 582 g/mol. The smallest absolute Gasteiger partial charge is 0.303 e. The van der Waals surface area contributed by atoms with Crippen molar-refractivity contribution in [3.8, 4) is 0 Å². The van der Waals surface area contributed by atoms with Crippen LogP contribution >= 0.6 is 0 Å². The molecule has 8 bridgehead atoms. The number of aliphatic carboxylic acids is 2. The second-order valence-electron chi connectivity index (χ2n) is 13.0. The molecule has 3 aromatic heterocycles. The van der Waals surface area contributed by atoms with Crippen LogP contribution in [0.3, 0.4) is 0 Å². The first-order chi connectivity index (χ1) is 21.7. The van der Waals surface area contributed by atoms with Crippen molar-refractivity contribution in [2.75, 3.05) is 14.1 Å². The van der Waals surface area contributed by atoms with Crippen LogP contribution in [0.2, 0.25) is 0 Å². The first kappa shape index (κ1) is 32.7. The van der Waals surface area contributed by atoms with Gasteiger partial charge < -0.3 is 25.1 Å². The molecule has 2 aliphatic heterocycles. The quantitative estimate of drug-likeness (QED) is 0.213. The van der Waals surface area contributed by atoms with Gasteiger partial charge in [0.25, 0.3) is 0 Å². The van der Waals surface area contributed by atoms with Crippen molar-refractivity contribution in [2.45, 2.75) is 84.5 Å². The van der Waals surface area contributed by atoms with E-state index in [1.165, 1.54) is 0 Å². The molecule has 5 rings (SSSR count). The van der Waals surface area contributed by atoms with E-state index in [-0.39, 0.29) is 31.1 Å². The number of carbonyl (C=O) groups excluding carboxylic acids is 1. The molecule has 0 aromatic carbocycles. The van der Waals surface area contributed by atoms with Crippen LogP contribution in [-0.2, 0) is 32.6 Å². The molecule has 0 aliphatic carbocycles. The molecule has 1 amide bonds. The van der Waals surface area contributed by atoms with Gasteiger partial charge in [-0.15, -0.1) is 0 Å². The molecule has 242 valence electrons. The Labute approximate surface area is 268 Å². The number of aromatic nitrogens is 4. The molecule has 2 atom stereocenters. The van der Waals surface area contributed by atoms with Crippen LogP contribution < -0.4 is 0 Å². The highest BCUT2D eigenvalue weighted by Gasteiger charge is 2.44. The van der Waals surface area contributed by atoms with E-state index in [1.807, 2.05) is 51.1 Å². The number of carbonyl (C=O) groups is 3. The molecule has 0 spiro atoms. The van der Waals surface area contributed by atoms with E-state index >= 15 is 0 Å². The predicted octanol–water partition coefficient (Wildman–Crippen LogP) is 6.46. The molecule has 10 nitrogen and oxygen atoms in total. The molecule has 0 radical (unpaired) electrons. The third-order valence-electron chi connectivity index (χ3n) is 9.63.